The molecule has 0 atom stereocenters. The number of aromatic amines is 1. The molecule has 1 N–H and O–H groups in total. The van der Waals surface area contributed by atoms with Crippen molar-refractivity contribution in [3.8, 4) is 0 Å². The zero-order chi connectivity index (χ0) is 10.8. The minimum Gasteiger partial charge on any atom is -0.361 e. The summed E-state index contributed by atoms with van der Waals surface area (Å²) in [6.07, 6.45) is 5.40. The second-order valence-electron chi connectivity index (χ2n) is 4.35. The molecule has 0 saturated carbocycles. The van der Waals surface area contributed by atoms with Gasteiger partial charge in [-0.15, -0.1) is 0 Å². The molecule has 15 heavy (non-hydrogen) atoms. The Hall–Kier alpha value is -1.50. The first-order valence-electron chi connectivity index (χ1n) is 5.37. The SMILES string of the molecule is CC(C)=CCc1c[nH]c2ccc(C)cc12. The first-order chi connectivity index (χ1) is 7.16. The van der Waals surface area contributed by atoms with Gasteiger partial charge in [-0.05, 0) is 44.9 Å². The summed E-state index contributed by atoms with van der Waals surface area (Å²) in [5.41, 5.74) is 5.31. The molecule has 78 valence electrons. The van der Waals surface area contributed by atoms with E-state index in [-0.39, 0.29) is 0 Å². The van der Waals surface area contributed by atoms with Crippen LogP contribution in [0.25, 0.3) is 10.9 Å². The van der Waals surface area contributed by atoms with Crippen molar-refractivity contribution in [2.24, 2.45) is 0 Å². The van der Waals surface area contributed by atoms with E-state index in [0.29, 0.717) is 0 Å². The van der Waals surface area contributed by atoms with Crippen LogP contribution in [0.3, 0.4) is 0 Å². The van der Waals surface area contributed by atoms with Crippen LogP contribution >= 0.6 is 0 Å². The molecular formula is C14H17N. The van der Waals surface area contributed by atoms with Crippen LogP contribution in [-0.4, -0.2) is 4.98 Å². The predicted octanol–water partition coefficient (Wildman–Crippen LogP) is 3.99. The zero-order valence-corrected chi connectivity index (χ0v) is 9.59. The molecule has 1 heteroatoms. The molecular weight excluding hydrogens is 182 g/mol. The number of fused-ring (bicyclic) bond motifs is 1. The van der Waals surface area contributed by atoms with Crippen molar-refractivity contribution < 1.29 is 0 Å². The fourth-order valence-electron chi connectivity index (χ4n) is 1.78. The van der Waals surface area contributed by atoms with E-state index in [1.165, 1.54) is 27.6 Å². The molecule has 1 nitrogen and oxygen atoms in total. The fourth-order valence-corrected chi connectivity index (χ4v) is 1.78. The van der Waals surface area contributed by atoms with Crippen LogP contribution in [0.5, 0.6) is 0 Å². The summed E-state index contributed by atoms with van der Waals surface area (Å²) in [4.78, 5) is 3.31. The first-order valence-corrected chi connectivity index (χ1v) is 5.37. The molecule has 1 aromatic heterocycles. The lowest BCUT2D eigenvalue weighted by atomic mass is 10.1. The normalized spacial score (nSPS) is 10.6. The molecule has 0 saturated heterocycles. The van der Waals surface area contributed by atoms with Gasteiger partial charge in [0.05, 0.1) is 0 Å². The number of rotatable bonds is 2. The Morgan fingerprint density at radius 2 is 2.13 bits per heavy atom. The van der Waals surface area contributed by atoms with Gasteiger partial charge in [0.15, 0.2) is 0 Å². The first kappa shape index (κ1) is 10.0. The van der Waals surface area contributed by atoms with Crippen LogP contribution in [0.2, 0.25) is 0 Å². The molecule has 0 fully saturated rings. The molecule has 0 spiro atoms. The van der Waals surface area contributed by atoms with Gasteiger partial charge in [-0.2, -0.15) is 0 Å². The average molecular weight is 199 g/mol. The van der Waals surface area contributed by atoms with E-state index in [1.54, 1.807) is 0 Å². The van der Waals surface area contributed by atoms with E-state index in [9.17, 15) is 0 Å². The maximum Gasteiger partial charge on any atom is 0.0457 e. The monoisotopic (exact) mass is 199 g/mol. The Balaban J connectivity index is 2.43. The number of hydrogen-bond acceptors (Lipinski definition) is 0. The summed E-state index contributed by atoms with van der Waals surface area (Å²) in [6, 6.07) is 6.54. The van der Waals surface area contributed by atoms with Gasteiger partial charge in [0.2, 0.25) is 0 Å². The summed E-state index contributed by atoms with van der Waals surface area (Å²) in [7, 11) is 0. The van der Waals surface area contributed by atoms with Gasteiger partial charge in [-0.1, -0.05) is 23.3 Å². The molecule has 1 aromatic carbocycles. The highest BCUT2D eigenvalue weighted by Gasteiger charge is 2.01. The van der Waals surface area contributed by atoms with Gasteiger partial charge < -0.3 is 4.98 Å². The van der Waals surface area contributed by atoms with Crippen molar-refractivity contribution in [2.45, 2.75) is 27.2 Å². The lowest BCUT2D eigenvalue weighted by Gasteiger charge is -1.97. The molecule has 0 aliphatic rings. The van der Waals surface area contributed by atoms with Gasteiger partial charge in [-0.25, -0.2) is 0 Å². The Bertz CT molecular complexity index is 499. The lowest BCUT2D eigenvalue weighted by Crippen LogP contribution is -1.80. The highest BCUT2D eigenvalue weighted by Crippen LogP contribution is 2.20. The summed E-state index contributed by atoms with van der Waals surface area (Å²) in [6.45, 7) is 6.41. The van der Waals surface area contributed by atoms with Crippen molar-refractivity contribution in [2.75, 3.05) is 0 Å². The number of H-pyrrole nitrogens is 1. The number of aryl methyl sites for hydroxylation is 1. The largest absolute Gasteiger partial charge is 0.361 e. The van der Waals surface area contributed by atoms with Gasteiger partial charge in [0.25, 0.3) is 0 Å². The van der Waals surface area contributed by atoms with Crippen LogP contribution in [0.1, 0.15) is 25.0 Å². The van der Waals surface area contributed by atoms with Crippen LogP contribution in [0, 0.1) is 6.92 Å². The maximum atomic E-state index is 3.31. The standard InChI is InChI=1S/C14H17N/c1-10(2)4-6-12-9-15-14-7-5-11(3)8-13(12)14/h4-5,7-9,15H,6H2,1-3H3. The predicted molar refractivity (Wildman–Crippen MR) is 66.2 cm³/mol. The Kier molecular flexibility index (Phi) is 2.63. The third kappa shape index (κ3) is 2.12. The second kappa shape index (κ2) is 3.93. The summed E-state index contributed by atoms with van der Waals surface area (Å²) < 4.78 is 0. The van der Waals surface area contributed by atoms with Crippen molar-refractivity contribution >= 4 is 10.9 Å². The molecule has 0 radical (unpaired) electrons. The molecule has 0 aliphatic carbocycles. The third-order valence-corrected chi connectivity index (χ3v) is 2.65. The third-order valence-electron chi connectivity index (χ3n) is 2.65. The summed E-state index contributed by atoms with van der Waals surface area (Å²) in [5.74, 6) is 0. The second-order valence-corrected chi connectivity index (χ2v) is 4.35. The van der Waals surface area contributed by atoms with Crippen LogP contribution in [-0.2, 0) is 6.42 Å². The molecule has 0 aliphatic heterocycles. The lowest BCUT2D eigenvalue weighted by molar-refractivity contribution is 1.22. The molecule has 0 amide bonds. The smallest absolute Gasteiger partial charge is 0.0457 e. The number of aromatic nitrogens is 1. The quantitative estimate of drug-likeness (QED) is 0.704. The van der Waals surface area contributed by atoms with Gasteiger partial charge in [0.1, 0.15) is 0 Å². The van der Waals surface area contributed by atoms with Crippen LogP contribution in [0.15, 0.2) is 36.0 Å². The minimum atomic E-state index is 1.02. The number of allylic oxidation sites excluding steroid dienone is 2. The average Bonchev–Trinajstić information content (AvgIpc) is 2.57. The van der Waals surface area contributed by atoms with Crippen molar-refractivity contribution in [1.29, 1.82) is 0 Å². The Labute approximate surface area is 90.8 Å². The number of hydrogen-bond donors (Lipinski definition) is 1. The topological polar surface area (TPSA) is 15.8 Å². The summed E-state index contributed by atoms with van der Waals surface area (Å²) >= 11 is 0. The molecule has 2 rings (SSSR count). The highest BCUT2D eigenvalue weighted by atomic mass is 14.7. The number of nitrogens with one attached hydrogen (secondary N) is 1. The molecule has 0 unspecified atom stereocenters. The molecule has 1 heterocycles. The van der Waals surface area contributed by atoms with E-state index in [0.717, 1.165) is 6.42 Å². The van der Waals surface area contributed by atoms with E-state index in [4.69, 9.17) is 0 Å². The van der Waals surface area contributed by atoms with Crippen LogP contribution in [0.4, 0.5) is 0 Å². The summed E-state index contributed by atoms with van der Waals surface area (Å²) in [5, 5.41) is 1.35. The van der Waals surface area contributed by atoms with E-state index < -0.39 is 0 Å². The van der Waals surface area contributed by atoms with E-state index in [1.807, 2.05) is 0 Å². The molecule has 0 bridgehead atoms. The maximum absolute atomic E-state index is 3.31. The van der Waals surface area contributed by atoms with Gasteiger partial charge in [0, 0.05) is 17.1 Å². The van der Waals surface area contributed by atoms with Crippen molar-refractivity contribution in [1.82, 2.24) is 4.98 Å². The van der Waals surface area contributed by atoms with Crippen molar-refractivity contribution in [3.05, 3.63) is 47.2 Å². The van der Waals surface area contributed by atoms with Crippen LogP contribution < -0.4 is 0 Å². The minimum absolute atomic E-state index is 1.02. The van der Waals surface area contributed by atoms with Crippen molar-refractivity contribution in [3.63, 3.8) is 0 Å². The zero-order valence-electron chi connectivity index (χ0n) is 9.59. The molecule has 2 aromatic rings. The Morgan fingerprint density at radius 1 is 1.33 bits per heavy atom. The van der Waals surface area contributed by atoms with Gasteiger partial charge in [-0.3, -0.25) is 0 Å². The van der Waals surface area contributed by atoms with E-state index >= 15 is 0 Å². The van der Waals surface area contributed by atoms with E-state index in [2.05, 4.69) is 56.2 Å². The Morgan fingerprint density at radius 3 is 2.87 bits per heavy atom. The highest BCUT2D eigenvalue weighted by molar-refractivity contribution is 5.84. The van der Waals surface area contributed by atoms with Gasteiger partial charge >= 0.3 is 0 Å². The fraction of sp³-hybridized carbons (Fsp3) is 0.286. The number of benzene rings is 1.